The van der Waals surface area contributed by atoms with E-state index in [-0.39, 0.29) is 23.6 Å². The first kappa shape index (κ1) is 20.9. The number of fused-ring (bicyclic) bond motifs is 1. The molecule has 1 heterocycles. The minimum atomic E-state index is -1.10. The summed E-state index contributed by atoms with van der Waals surface area (Å²) in [7, 11) is 0. The summed E-state index contributed by atoms with van der Waals surface area (Å²) in [5.41, 5.74) is 0.662. The van der Waals surface area contributed by atoms with Gasteiger partial charge in [0.05, 0.1) is 5.39 Å². The van der Waals surface area contributed by atoms with Crippen LogP contribution in [0.15, 0.2) is 53.3 Å². The first-order chi connectivity index (χ1) is 14.3. The summed E-state index contributed by atoms with van der Waals surface area (Å²) in [6, 6.07) is 13.0. The van der Waals surface area contributed by atoms with Gasteiger partial charge in [-0.3, -0.25) is 14.4 Å². The predicted molar refractivity (Wildman–Crippen MR) is 112 cm³/mol. The third kappa shape index (κ3) is 4.27. The normalized spacial score (nSPS) is 11.7. The summed E-state index contributed by atoms with van der Waals surface area (Å²) < 4.78 is 6.48. The number of anilines is 1. The zero-order valence-corrected chi connectivity index (χ0v) is 16.8. The molecule has 2 aromatic carbocycles. The maximum Gasteiger partial charge on any atom is 0.360 e. The number of amides is 1. The second-order valence-electron chi connectivity index (χ2n) is 6.69. The number of ketones is 1. The van der Waals surface area contributed by atoms with Crippen LogP contribution in [-0.4, -0.2) is 33.5 Å². The van der Waals surface area contributed by atoms with E-state index >= 15 is 0 Å². The summed E-state index contributed by atoms with van der Waals surface area (Å²) in [6.07, 6.45) is -1.10. The van der Waals surface area contributed by atoms with Crippen LogP contribution in [0.2, 0.25) is 0 Å². The fraction of sp³-hybridized carbons (Fsp3) is 0.227. The fourth-order valence-electron chi connectivity index (χ4n) is 2.90. The molecule has 8 nitrogen and oxygen atoms in total. The number of aromatic nitrogens is 2. The number of carbonyl (C=O) groups is 3. The van der Waals surface area contributed by atoms with Crippen LogP contribution in [0.3, 0.4) is 0 Å². The van der Waals surface area contributed by atoms with Crippen LogP contribution in [0.5, 0.6) is 0 Å². The molecule has 8 heteroatoms. The van der Waals surface area contributed by atoms with Gasteiger partial charge >= 0.3 is 5.97 Å². The quantitative estimate of drug-likeness (QED) is 0.497. The smallest absolute Gasteiger partial charge is 0.360 e. The second-order valence-corrected chi connectivity index (χ2v) is 6.69. The molecule has 0 fully saturated rings. The number of ether oxygens (including phenoxy) is 1. The maximum absolute atomic E-state index is 12.7. The topological polar surface area (TPSA) is 107 Å². The zero-order chi connectivity index (χ0) is 21.8. The molecule has 0 spiro atoms. The van der Waals surface area contributed by atoms with Gasteiger partial charge in [0.2, 0.25) is 0 Å². The molecule has 0 aliphatic rings. The molecule has 0 aliphatic heterocycles. The van der Waals surface area contributed by atoms with Gasteiger partial charge in [-0.1, -0.05) is 18.2 Å². The average Bonchev–Trinajstić information content (AvgIpc) is 2.74. The molecule has 30 heavy (non-hydrogen) atoms. The molecule has 1 atom stereocenters. The standard InChI is InChI=1S/C22H21N3O5/c1-4-25-21(28)18-8-6-5-7-17(18)19(24-25)22(29)30-14(3)20(27)23-16-11-9-15(10-12-16)13(2)26/h5-12,14H,4H2,1-3H3,(H,23,27)/t14-/m1/s1. The van der Waals surface area contributed by atoms with E-state index in [0.717, 1.165) is 0 Å². The molecule has 154 valence electrons. The van der Waals surface area contributed by atoms with Crippen LogP contribution < -0.4 is 10.9 Å². The Labute approximate surface area is 172 Å². The van der Waals surface area contributed by atoms with Crippen molar-refractivity contribution in [2.75, 3.05) is 5.32 Å². The van der Waals surface area contributed by atoms with Gasteiger partial charge in [0.25, 0.3) is 11.5 Å². The molecule has 0 aliphatic carbocycles. The monoisotopic (exact) mass is 407 g/mol. The van der Waals surface area contributed by atoms with Gasteiger partial charge in [-0.25, -0.2) is 9.48 Å². The number of Topliss-reactive ketones (excluding diaryl/α,β-unsaturated/α-hetero) is 1. The number of aryl methyl sites for hydroxylation is 1. The zero-order valence-electron chi connectivity index (χ0n) is 16.8. The van der Waals surface area contributed by atoms with E-state index in [2.05, 4.69) is 10.4 Å². The molecule has 1 amide bonds. The second kappa shape index (κ2) is 8.69. The number of hydrogen-bond donors (Lipinski definition) is 1. The van der Waals surface area contributed by atoms with Crippen molar-refractivity contribution in [1.82, 2.24) is 9.78 Å². The lowest BCUT2D eigenvalue weighted by Gasteiger charge is -2.15. The minimum Gasteiger partial charge on any atom is -0.448 e. The molecule has 1 aromatic heterocycles. The summed E-state index contributed by atoms with van der Waals surface area (Å²) in [5.74, 6) is -1.42. The van der Waals surface area contributed by atoms with Gasteiger partial charge in [0.15, 0.2) is 17.6 Å². The Morgan fingerprint density at radius 2 is 1.70 bits per heavy atom. The number of carbonyl (C=O) groups excluding carboxylic acids is 3. The lowest BCUT2D eigenvalue weighted by Crippen LogP contribution is -2.32. The van der Waals surface area contributed by atoms with Crippen LogP contribution >= 0.6 is 0 Å². The van der Waals surface area contributed by atoms with Crippen LogP contribution in [0.1, 0.15) is 41.6 Å². The van der Waals surface area contributed by atoms with Gasteiger partial charge < -0.3 is 10.1 Å². The van der Waals surface area contributed by atoms with Crippen LogP contribution in [0, 0.1) is 0 Å². The Morgan fingerprint density at radius 1 is 1.07 bits per heavy atom. The van der Waals surface area contributed by atoms with E-state index in [1.54, 1.807) is 55.5 Å². The summed E-state index contributed by atoms with van der Waals surface area (Å²) in [5, 5.41) is 7.45. The predicted octanol–water partition coefficient (Wildman–Crippen LogP) is 2.80. The molecule has 1 N–H and O–H groups in total. The van der Waals surface area contributed by atoms with Gasteiger partial charge in [-0.2, -0.15) is 5.10 Å². The molecule has 0 unspecified atom stereocenters. The van der Waals surface area contributed by atoms with Crippen molar-refractivity contribution in [1.29, 1.82) is 0 Å². The Balaban J connectivity index is 1.78. The largest absolute Gasteiger partial charge is 0.448 e. The fourth-order valence-corrected chi connectivity index (χ4v) is 2.90. The van der Waals surface area contributed by atoms with Gasteiger partial charge in [0.1, 0.15) is 0 Å². The van der Waals surface area contributed by atoms with Gasteiger partial charge in [-0.05, 0) is 51.1 Å². The van der Waals surface area contributed by atoms with E-state index < -0.39 is 18.0 Å². The highest BCUT2D eigenvalue weighted by molar-refractivity contribution is 6.04. The lowest BCUT2D eigenvalue weighted by atomic mass is 10.1. The number of nitrogens with one attached hydrogen (secondary N) is 1. The maximum atomic E-state index is 12.7. The molecule has 0 saturated carbocycles. The van der Waals surface area contributed by atoms with E-state index in [9.17, 15) is 19.2 Å². The first-order valence-corrected chi connectivity index (χ1v) is 9.44. The summed E-state index contributed by atoms with van der Waals surface area (Å²) >= 11 is 0. The van der Waals surface area contributed by atoms with Crippen LogP contribution in [0.4, 0.5) is 5.69 Å². The van der Waals surface area contributed by atoms with E-state index in [0.29, 0.717) is 22.0 Å². The number of rotatable bonds is 6. The summed E-state index contributed by atoms with van der Waals surface area (Å²) in [6.45, 7) is 4.92. The third-order valence-corrected chi connectivity index (χ3v) is 4.57. The molecule has 0 bridgehead atoms. The molecule has 0 radical (unpaired) electrons. The van der Waals surface area contributed by atoms with Crippen molar-refractivity contribution in [2.24, 2.45) is 0 Å². The lowest BCUT2D eigenvalue weighted by molar-refractivity contribution is -0.123. The van der Waals surface area contributed by atoms with E-state index in [1.807, 2.05) is 0 Å². The minimum absolute atomic E-state index is 0.0301. The van der Waals surface area contributed by atoms with Gasteiger partial charge in [0, 0.05) is 23.2 Å². The Hall–Kier alpha value is -3.81. The number of benzene rings is 2. The van der Waals surface area contributed by atoms with Crippen LogP contribution in [-0.2, 0) is 16.1 Å². The highest BCUT2D eigenvalue weighted by Crippen LogP contribution is 2.16. The van der Waals surface area contributed by atoms with Crippen molar-refractivity contribution >= 4 is 34.1 Å². The highest BCUT2D eigenvalue weighted by atomic mass is 16.5. The molecular formula is C22H21N3O5. The van der Waals surface area contributed by atoms with Crippen molar-refractivity contribution in [3.63, 3.8) is 0 Å². The van der Waals surface area contributed by atoms with Crippen molar-refractivity contribution < 1.29 is 19.1 Å². The average molecular weight is 407 g/mol. The molecule has 3 aromatic rings. The highest BCUT2D eigenvalue weighted by Gasteiger charge is 2.23. The first-order valence-electron chi connectivity index (χ1n) is 9.44. The van der Waals surface area contributed by atoms with Gasteiger partial charge in [-0.15, -0.1) is 0 Å². The molecular weight excluding hydrogens is 386 g/mol. The van der Waals surface area contributed by atoms with Crippen molar-refractivity contribution in [2.45, 2.75) is 33.4 Å². The number of esters is 1. The van der Waals surface area contributed by atoms with E-state index in [4.69, 9.17) is 4.74 Å². The molecule has 3 rings (SSSR count). The molecule has 0 saturated heterocycles. The summed E-state index contributed by atoms with van der Waals surface area (Å²) in [4.78, 5) is 48.8. The van der Waals surface area contributed by atoms with Crippen LogP contribution in [0.25, 0.3) is 10.8 Å². The third-order valence-electron chi connectivity index (χ3n) is 4.57. The Bertz CT molecular complexity index is 1180. The Kier molecular flexibility index (Phi) is 6.06. The van der Waals surface area contributed by atoms with Crippen molar-refractivity contribution in [3.05, 3.63) is 70.1 Å². The number of nitrogens with zero attached hydrogens (tertiary/aromatic N) is 2. The SMILES string of the molecule is CCn1nc(C(=O)O[C@H](C)C(=O)Nc2ccc(C(C)=O)cc2)c2ccccc2c1=O. The van der Waals surface area contributed by atoms with Crippen molar-refractivity contribution in [3.8, 4) is 0 Å². The Morgan fingerprint density at radius 3 is 2.30 bits per heavy atom. The number of hydrogen-bond acceptors (Lipinski definition) is 6. The van der Waals surface area contributed by atoms with E-state index in [1.165, 1.54) is 18.5 Å².